The number of nitrogens with one attached hydrogen (secondary N) is 1. The molecule has 0 aliphatic rings. The number of aryl methyl sites for hydroxylation is 1. The molecule has 0 amide bonds. The molecule has 0 fully saturated rings. The summed E-state index contributed by atoms with van der Waals surface area (Å²) in [6.07, 6.45) is 0. The molecule has 1 aromatic carbocycles. The normalized spacial score (nSPS) is 12.0. The van der Waals surface area contributed by atoms with Gasteiger partial charge in [0.05, 0.1) is 6.07 Å². The van der Waals surface area contributed by atoms with Gasteiger partial charge in [-0.3, -0.25) is 5.32 Å². The summed E-state index contributed by atoms with van der Waals surface area (Å²) >= 11 is 1.52. The summed E-state index contributed by atoms with van der Waals surface area (Å²) in [5.41, 5.74) is 2.13. The number of hydrogen-bond donors (Lipinski definition) is 1. The van der Waals surface area contributed by atoms with Crippen LogP contribution >= 0.6 is 11.3 Å². The topological polar surface area (TPSA) is 48.7 Å². The molecule has 17 heavy (non-hydrogen) atoms. The number of nitrogens with zero attached hydrogens (tertiary/aromatic N) is 2. The molecule has 0 radical (unpaired) electrons. The van der Waals surface area contributed by atoms with E-state index >= 15 is 0 Å². The zero-order valence-corrected chi connectivity index (χ0v) is 10.4. The number of hydrogen-bond acceptors (Lipinski definition) is 4. The van der Waals surface area contributed by atoms with Crippen molar-refractivity contribution in [3.05, 3.63) is 52.0 Å². The Labute approximate surface area is 105 Å². The van der Waals surface area contributed by atoms with Crippen molar-refractivity contribution >= 4 is 11.3 Å². The first kappa shape index (κ1) is 11.8. The van der Waals surface area contributed by atoms with Crippen LogP contribution in [0.5, 0.6) is 0 Å². The lowest BCUT2D eigenvalue weighted by Gasteiger charge is -2.08. The Morgan fingerprint density at radius 3 is 2.76 bits per heavy atom. The lowest BCUT2D eigenvalue weighted by molar-refractivity contribution is 0.626. The fourth-order valence-electron chi connectivity index (χ4n) is 1.51. The smallest absolute Gasteiger partial charge is 0.148 e. The maximum absolute atomic E-state index is 9.12. The third kappa shape index (κ3) is 3.13. The minimum atomic E-state index is -0.325. The van der Waals surface area contributed by atoms with Gasteiger partial charge in [-0.1, -0.05) is 30.3 Å². The van der Waals surface area contributed by atoms with Crippen molar-refractivity contribution in [2.45, 2.75) is 19.5 Å². The lowest BCUT2D eigenvalue weighted by Crippen LogP contribution is -2.19. The molecule has 1 heterocycles. The van der Waals surface area contributed by atoms with Gasteiger partial charge in [-0.15, -0.1) is 11.3 Å². The quantitative estimate of drug-likeness (QED) is 0.898. The number of nitriles is 1. The van der Waals surface area contributed by atoms with Crippen molar-refractivity contribution in [1.82, 2.24) is 10.3 Å². The fraction of sp³-hybridized carbons (Fsp3) is 0.231. The molecule has 3 nitrogen and oxygen atoms in total. The van der Waals surface area contributed by atoms with E-state index in [1.807, 2.05) is 42.6 Å². The summed E-state index contributed by atoms with van der Waals surface area (Å²) in [4.78, 5) is 4.33. The first-order chi connectivity index (χ1) is 8.29. The van der Waals surface area contributed by atoms with Gasteiger partial charge in [-0.2, -0.15) is 5.26 Å². The van der Waals surface area contributed by atoms with Crippen LogP contribution in [0.15, 0.2) is 35.7 Å². The minimum Gasteiger partial charge on any atom is -0.292 e. The summed E-state index contributed by atoms with van der Waals surface area (Å²) in [6.45, 7) is 2.61. The van der Waals surface area contributed by atoms with Crippen LogP contribution in [0.4, 0.5) is 0 Å². The Hall–Kier alpha value is -1.70. The first-order valence-electron chi connectivity index (χ1n) is 5.38. The van der Waals surface area contributed by atoms with Crippen LogP contribution in [0.1, 0.15) is 22.3 Å². The monoisotopic (exact) mass is 243 g/mol. The van der Waals surface area contributed by atoms with E-state index in [2.05, 4.69) is 16.4 Å². The Kier molecular flexibility index (Phi) is 3.86. The summed E-state index contributed by atoms with van der Waals surface area (Å²) in [6, 6.07) is 12.0. The van der Waals surface area contributed by atoms with Gasteiger partial charge >= 0.3 is 0 Å². The van der Waals surface area contributed by atoms with Crippen LogP contribution in [0, 0.1) is 18.3 Å². The van der Waals surface area contributed by atoms with Crippen LogP contribution in [0.25, 0.3) is 0 Å². The van der Waals surface area contributed by atoms with Crippen molar-refractivity contribution < 1.29 is 0 Å². The Morgan fingerprint density at radius 2 is 2.18 bits per heavy atom. The standard InChI is InChI=1S/C13H13N3S/c1-10-9-17-13(16-10)12(7-14)15-8-11-5-3-2-4-6-11/h2-6,9,12,15H,8H2,1H3. The first-order valence-corrected chi connectivity index (χ1v) is 6.26. The predicted molar refractivity (Wildman–Crippen MR) is 68.5 cm³/mol. The van der Waals surface area contributed by atoms with Gasteiger partial charge < -0.3 is 0 Å². The largest absolute Gasteiger partial charge is 0.292 e. The van der Waals surface area contributed by atoms with E-state index in [1.54, 1.807) is 0 Å². The number of benzene rings is 1. The van der Waals surface area contributed by atoms with E-state index in [0.717, 1.165) is 10.7 Å². The molecule has 1 N–H and O–H groups in total. The van der Waals surface area contributed by atoms with Gasteiger partial charge in [0, 0.05) is 17.6 Å². The van der Waals surface area contributed by atoms with Crippen molar-refractivity contribution in [2.24, 2.45) is 0 Å². The summed E-state index contributed by atoms with van der Waals surface area (Å²) < 4.78 is 0. The third-order valence-corrected chi connectivity index (χ3v) is 3.39. The number of rotatable bonds is 4. The zero-order chi connectivity index (χ0) is 12.1. The van der Waals surface area contributed by atoms with Crippen molar-refractivity contribution in [3.8, 4) is 6.07 Å². The highest BCUT2D eigenvalue weighted by Crippen LogP contribution is 2.17. The second-order valence-electron chi connectivity index (χ2n) is 3.76. The summed E-state index contributed by atoms with van der Waals surface area (Å²) in [7, 11) is 0. The number of aromatic nitrogens is 1. The van der Waals surface area contributed by atoms with Crippen LogP contribution in [-0.4, -0.2) is 4.98 Å². The molecule has 4 heteroatoms. The molecular formula is C13H13N3S. The van der Waals surface area contributed by atoms with Gasteiger partial charge in [0.2, 0.25) is 0 Å². The molecular weight excluding hydrogens is 230 g/mol. The van der Waals surface area contributed by atoms with Crippen LogP contribution in [-0.2, 0) is 6.54 Å². The molecule has 0 saturated heterocycles. The predicted octanol–water partition coefficient (Wildman–Crippen LogP) is 2.81. The van der Waals surface area contributed by atoms with Gasteiger partial charge in [0.15, 0.2) is 0 Å². The molecule has 2 rings (SSSR count). The second-order valence-corrected chi connectivity index (χ2v) is 4.65. The van der Waals surface area contributed by atoms with Crippen molar-refractivity contribution in [2.75, 3.05) is 0 Å². The van der Waals surface area contributed by atoms with E-state index in [4.69, 9.17) is 5.26 Å². The average molecular weight is 243 g/mol. The molecule has 0 bridgehead atoms. The molecule has 2 aromatic rings. The van der Waals surface area contributed by atoms with E-state index in [-0.39, 0.29) is 6.04 Å². The molecule has 1 aromatic heterocycles. The molecule has 1 atom stereocenters. The van der Waals surface area contributed by atoms with Gasteiger partial charge in [-0.25, -0.2) is 4.98 Å². The van der Waals surface area contributed by atoms with Crippen molar-refractivity contribution in [1.29, 1.82) is 5.26 Å². The van der Waals surface area contributed by atoms with Gasteiger partial charge in [0.25, 0.3) is 0 Å². The highest BCUT2D eigenvalue weighted by atomic mass is 32.1. The SMILES string of the molecule is Cc1csc(C(C#N)NCc2ccccc2)n1. The molecule has 0 spiro atoms. The Bertz CT molecular complexity index is 513. The number of thiazole rings is 1. The summed E-state index contributed by atoms with van der Waals surface area (Å²) in [5.74, 6) is 0. The fourth-order valence-corrected chi connectivity index (χ4v) is 2.32. The molecule has 0 aliphatic carbocycles. The highest BCUT2D eigenvalue weighted by Gasteiger charge is 2.13. The summed E-state index contributed by atoms with van der Waals surface area (Å²) in [5, 5.41) is 15.1. The van der Waals surface area contributed by atoms with Crippen LogP contribution in [0.3, 0.4) is 0 Å². The molecule has 0 aliphatic heterocycles. The van der Waals surface area contributed by atoms with Crippen molar-refractivity contribution in [3.63, 3.8) is 0 Å². The minimum absolute atomic E-state index is 0.325. The zero-order valence-electron chi connectivity index (χ0n) is 9.55. The molecule has 86 valence electrons. The third-order valence-electron chi connectivity index (χ3n) is 2.37. The molecule has 0 saturated carbocycles. The Morgan fingerprint density at radius 1 is 1.41 bits per heavy atom. The van der Waals surface area contributed by atoms with E-state index in [9.17, 15) is 0 Å². The maximum Gasteiger partial charge on any atom is 0.148 e. The van der Waals surface area contributed by atoms with E-state index in [0.29, 0.717) is 6.54 Å². The second kappa shape index (κ2) is 5.58. The lowest BCUT2D eigenvalue weighted by atomic mass is 10.2. The highest BCUT2D eigenvalue weighted by molar-refractivity contribution is 7.09. The van der Waals surface area contributed by atoms with Crippen LogP contribution in [0.2, 0.25) is 0 Å². The van der Waals surface area contributed by atoms with Gasteiger partial charge in [-0.05, 0) is 12.5 Å². The van der Waals surface area contributed by atoms with Gasteiger partial charge in [0.1, 0.15) is 11.0 Å². The average Bonchev–Trinajstić information content (AvgIpc) is 2.78. The Balaban J connectivity index is 2.00. The maximum atomic E-state index is 9.12. The molecule has 1 unspecified atom stereocenters. The van der Waals surface area contributed by atoms with Crippen LogP contribution < -0.4 is 5.32 Å². The van der Waals surface area contributed by atoms with E-state index < -0.39 is 0 Å². The van der Waals surface area contributed by atoms with E-state index in [1.165, 1.54) is 16.9 Å².